The van der Waals surface area contributed by atoms with E-state index in [2.05, 4.69) is 5.32 Å². The number of ether oxygens (including phenoxy) is 1. The van der Waals surface area contributed by atoms with Crippen LogP contribution in [0.4, 0.5) is 5.69 Å². The Kier molecular flexibility index (Phi) is 6.63. The molecule has 0 aliphatic heterocycles. The SMILES string of the molecule is CCOc1ccc(NC(=O)CSc2nc3sc4c(c3c(=O)n2-c2ccc(Cl)cc2)CCC4)cc1. The Bertz CT molecular complexity index is 1410. The van der Waals surface area contributed by atoms with Crippen molar-refractivity contribution in [1.82, 2.24) is 9.55 Å². The number of nitrogens with zero attached hydrogens (tertiary/aromatic N) is 2. The van der Waals surface area contributed by atoms with E-state index >= 15 is 0 Å². The van der Waals surface area contributed by atoms with Gasteiger partial charge in [0.2, 0.25) is 5.91 Å². The Morgan fingerprint density at radius 2 is 1.94 bits per heavy atom. The number of anilines is 1. The minimum atomic E-state index is -0.181. The van der Waals surface area contributed by atoms with Crippen LogP contribution in [0.3, 0.4) is 0 Å². The van der Waals surface area contributed by atoms with Crippen LogP contribution < -0.4 is 15.6 Å². The van der Waals surface area contributed by atoms with Gasteiger partial charge in [0, 0.05) is 15.6 Å². The molecule has 0 unspecified atom stereocenters. The molecule has 1 amide bonds. The van der Waals surface area contributed by atoms with Crippen LogP contribution in [-0.4, -0.2) is 27.8 Å². The molecular weight excluding hydrogens is 490 g/mol. The first-order valence-corrected chi connectivity index (χ1v) is 13.2. The molecule has 2 aromatic carbocycles. The Morgan fingerprint density at radius 3 is 2.68 bits per heavy atom. The van der Waals surface area contributed by atoms with E-state index < -0.39 is 0 Å². The molecule has 1 aliphatic rings. The summed E-state index contributed by atoms with van der Waals surface area (Å²) >= 11 is 8.91. The number of carbonyl (C=O) groups excluding carboxylic acids is 1. The number of thiophene rings is 1. The molecule has 0 radical (unpaired) electrons. The monoisotopic (exact) mass is 511 g/mol. The molecule has 4 aromatic rings. The van der Waals surface area contributed by atoms with Gasteiger partial charge in [-0.1, -0.05) is 23.4 Å². The number of rotatable bonds is 7. The molecule has 5 rings (SSSR count). The van der Waals surface area contributed by atoms with Crippen molar-refractivity contribution in [3.8, 4) is 11.4 Å². The zero-order valence-corrected chi connectivity index (χ0v) is 20.9. The zero-order valence-electron chi connectivity index (χ0n) is 18.5. The second kappa shape index (κ2) is 9.82. The van der Waals surface area contributed by atoms with E-state index in [4.69, 9.17) is 21.3 Å². The lowest BCUT2D eigenvalue weighted by Crippen LogP contribution is -2.23. The summed E-state index contributed by atoms with van der Waals surface area (Å²) in [6, 6.07) is 14.3. The van der Waals surface area contributed by atoms with Gasteiger partial charge >= 0.3 is 0 Å². The van der Waals surface area contributed by atoms with Crippen molar-refractivity contribution in [2.75, 3.05) is 17.7 Å². The fraction of sp³-hybridized carbons (Fsp3) is 0.240. The first-order chi connectivity index (χ1) is 16.5. The maximum Gasteiger partial charge on any atom is 0.267 e. The fourth-order valence-corrected chi connectivity index (χ4v) is 6.31. The highest BCUT2D eigenvalue weighted by molar-refractivity contribution is 7.99. The Morgan fingerprint density at radius 1 is 1.18 bits per heavy atom. The van der Waals surface area contributed by atoms with E-state index in [-0.39, 0.29) is 17.2 Å². The van der Waals surface area contributed by atoms with Crippen LogP contribution in [0, 0.1) is 0 Å². The van der Waals surface area contributed by atoms with Gasteiger partial charge < -0.3 is 10.1 Å². The molecule has 34 heavy (non-hydrogen) atoms. The average Bonchev–Trinajstić information content (AvgIpc) is 3.41. The van der Waals surface area contributed by atoms with Gasteiger partial charge in [-0.05, 0) is 80.3 Å². The van der Waals surface area contributed by atoms with Gasteiger partial charge in [0.25, 0.3) is 5.56 Å². The quantitative estimate of drug-likeness (QED) is 0.254. The number of halogens is 1. The number of hydrogen-bond donors (Lipinski definition) is 1. The van der Waals surface area contributed by atoms with E-state index in [1.54, 1.807) is 52.3 Å². The number of hydrogen-bond acceptors (Lipinski definition) is 6. The van der Waals surface area contributed by atoms with Gasteiger partial charge in [-0.3, -0.25) is 14.2 Å². The summed E-state index contributed by atoms with van der Waals surface area (Å²) in [6.07, 6.45) is 2.97. The molecule has 1 N–H and O–H groups in total. The molecule has 0 bridgehead atoms. The standard InChI is InChI=1S/C25H22ClN3O3S2/c1-2-32-18-12-8-16(9-13-18)27-21(30)14-33-25-28-23-22(19-4-3-5-20(19)34-23)24(31)29(25)17-10-6-15(26)7-11-17/h6-13H,2-5,14H2,1H3,(H,27,30). The van der Waals surface area contributed by atoms with Crippen molar-refractivity contribution < 1.29 is 9.53 Å². The van der Waals surface area contributed by atoms with E-state index in [9.17, 15) is 9.59 Å². The minimum absolute atomic E-state index is 0.0962. The van der Waals surface area contributed by atoms with Crippen molar-refractivity contribution in [3.05, 3.63) is 74.3 Å². The van der Waals surface area contributed by atoms with Crippen molar-refractivity contribution in [3.63, 3.8) is 0 Å². The molecular formula is C25H22ClN3O3S2. The van der Waals surface area contributed by atoms with E-state index in [1.807, 2.05) is 19.1 Å². The van der Waals surface area contributed by atoms with Crippen LogP contribution in [0.5, 0.6) is 5.75 Å². The van der Waals surface area contributed by atoms with Crippen LogP contribution >= 0.6 is 34.7 Å². The molecule has 1 aliphatic carbocycles. The third-order valence-electron chi connectivity index (χ3n) is 5.57. The Balaban J connectivity index is 1.44. The largest absolute Gasteiger partial charge is 0.494 e. The zero-order chi connectivity index (χ0) is 23.7. The van der Waals surface area contributed by atoms with Crippen LogP contribution in [0.25, 0.3) is 15.9 Å². The number of aryl methyl sites for hydroxylation is 2. The lowest BCUT2D eigenvalue weighted by molar-refractivity contribution is -0.113. The number of nitrogens with one attached hydrogen (secondary N) is 1. The smallest absolute Gasteiger partial charge is 0.267 e. The summed E-state index contributed by atoms with van der Waals surface area (Å²) < 4.78 is 7.03. The molecule has 174 valence electrons. The second-order valence-electron chi connectivity index (χ2n) is 7.84. The van der Waals surface area contributed by atoms with Crippen LogP contribution in [-0.2, 0) is 17.6 Å². The number of aromatic nitrogens is 2. The van der Waals surface area contributed by atoms with Gasteiger partial charge in [0.1, 0.15) is 10.6 Å². The lowest BCUT2D eigenvalue weighted by Gasteiger charge is -2.13. The molecule has 9 heteroatoms. The second-order valence-corrected chi connectivity index (χ2v) is 10.3. The molecule has 0 fully saturated rings. The summed E-state index contributed by atoms with van der Waals surface area (Å²) in [5.74, 6) is 0.686. The van der Waals surface area contributed by atoms with Crippen LogP contribution in [0.15, 0.2) is 58.5 Å². The summed E-state index contributed by atoms with van der Waals surface area (Å²) in [6.45, 7) is 2.51. The predicted octanol–water partition coefficient (Wildman–Crippen LogP) is 5.72. The molecule has 0 spiro atoms. The van der Waals surface area contributed by atoms with E-state index in [0.717, 1.165) is 35.4 Å². The molecule has 6 nitrogen and oxygen atoms in total. The number of amides is 1. The van der Waals surface area contributed by atoms with Crippen molar-refractivity contribution >= 4 is 56.5 Å². The van der Waals surface area contributed by atoms with Crippen molar-refractivity contribution in [1.29, 1.82) is 0 Å². The number of benzene rings is 2. The molecule has 2 heterocycles. The molecule has 0 atom stereocenters. The topological polar surface area (TPSA) is 73.2 Å². The maximum absolute atomic E-state index is 13.6. The Labute approximate surface area is 209 Å². The molecule has 0 saturated carbocycles. The minimum Gasteiger partial charge on any atom is -0.494 e. The maximum atomic E-state index is 13.6. The normalized spacial score (nSPS) is 12.6. The summed E-state index contributed by atoms with van der Waals surface area (Å²) in [5, 5.41) is 4.67. The highest BCUT2D eigenvalue weighted by Crippen LogP contribution is 2.36. The van der Waals surface area contributed by atoms with Gasteiger partial charge in [-0.15, -0.1) is 11.3 Å². The first kappa shape index (κ1) is 23.0. The van der Waals surface area contributed by atoms with Crippen LogP contribution in [0.2, 0.25) is 5.02 Å². The number of thioether (sulfide) groups is 1. The van der Waals surface area contributed by atoms with Gasteiger partial charge in [-0.2, -0.15) is 0 Å². The third-order valence-corrected chi connectivity index (χ3v) is 7.95. The first-order valence-electron chi connectivity index (χ1n) is 11.0. The number of carbonyl (C=O) groups is 1. The fourth-order valence-electron chi connectivity index (χ4n) is 4.07. The highest BCUT2D eigenvalue weighted by atomic mass is 35.5. The molecule has 0 saturated heterocycles. The van der Waals surface area contributed by atoms with Crippen molar-refractivity contribution in [2.45, 2.75) is 31.3 Å². The number of fused-ring (bicyclic) bond motifs is 3. The van der Waals surface area contributed by atoms with Crippen LogP contribution in [0.1, 0.15) is 23.8 Å². The highest BCUT2D eigenvalue weighted by Gasteiger charge is 2.24. The van der Waals surface area contributed by atoms with Gasteiger partial charge in [0.05, 0.1) is 23.4 Å². The van der Waals surface area contributed by atoms with Crippen molar-refractivity contribution in [2.24, 2.45) is 0 Å². The Hall–Kier alpha value is -2.81. The van der Waals surface area contributed by atoms with Gasteiger partial charge in [-0.25, -0.2) is 4.98 Å². The van der Waals surface area contributed by atoms with Gasteiger partial charge in [0.15, 0.2) is 5.16 Å². The lowest BCUT2D eigenvalue weighted by atomic mass is 10.2. The predicted molar refractivity (Wildman–Crippen MR) is 139 cm³/mol. The summed E-state index contributed by atoms with van der Waals surface area (Å²) in [5.41, 5.74) is 2.39. The molecule has 2 aromatic heterocycles. The third kappa shape index (κ3) is 4.58. The summed E-state index contributed by atoms with van der Waals surface area (Å²) in [4.78, 5) is 33.1. The van der Waals surface area contributed by atoms with E-state index in [1.165, 1.54) is 16.6 Å². The van der Waals surface area contributed by atoms with E-state index in [0.29, 0.717) is 33.5 Å². The average molecular weight is 512 g/mol. The summed E-state index contributed by atoms with van der Waals surface area (Å²) in [7, 11) is 0.